The predicted molar refractivity (Wildman–Crippen MR) is 130 cm³/mol. The molecule has 0 bridgehead atoms. The number of nitrogens with one attached hydrogen (secondary N) is 1. The van der Waals surface area contributed by atoms with Crippen molar-refractivity contribution in [1.82, 2.24) is 15.3 Å². The summed E-state index contributed by atoms with van der Waals surface area (Å²) in [6.45, 7) is -0.334. The number of benzene rings is 2. The molecule has 0 radical (unpaired) electrons. The molecule has 1 aliphatic carbocycles. The Bertz CT molecular complexity index is 1180. The van der Waals surface area contributed by atoms with Crippen molar-refractivity contribution in [3.05, 3.63) is 75.8 Å². The molecule has 34 heavy (non-hydrogen) atoms. The Morgan fingerprint density at radius 3 is 2.65 bits per heavy atom. The lowest BCUT2D eigenvalue weighted by molar-refractivity contribution is 0.0912. The molecule has 0 aliphatic heterocycles. The van der Waals surface area contributed by atoms with Crippen LogP contribution in [0.3, 0.4) is 0 Å². The summed E-state index contributed by atoms with van der Waals surface area (Å²) >= 11 is 3.36. The molecule has 1 aromatic heterocycles. The van der Waals surface area contributed by atoms with Gasteiger partial charge in [0.25, 0.3) is 5.91 Å². The topological polar surface area (TPSA) is 121 Å². The largest absolute Gasteiger partial charge is 0.394 e. The third kappa shape index (κ3) is 5.43. The first-order chi connectivity index (χ1) is 16.4. The molecule has 2 aromatic carbocycles. The predicted octanol–water partition coefficient (Wildman–Crippen LogP) is 4.11. The van der Waals surface area contributed by atoms with Crippen LogP contribution in [-0.4, -0.2) is 38.8 Å². The summed E-state index contributed by atoms with van der Waals surface area (Å²) in [5.74, 6) is -1.03. The Labute approximate surface area is 205 Å². The SMILES string of the molecule is Nc1ncc(C2CCC(O)CC2)nc1-c1ccc(C(=O)N[C@H](CO)c2cccc(Br)c2)c(F)c1. The fourth-order valence-electron chi connectivity index (χ4n) is 4.23. The molecule has 9 heteroatoms. The molecule has 0 spiro atoms. The van der Waals surface area contributed by atoms with Gasteiger partial charge in [0.1, 0.15) is 17.3 Å². The van der Waals surface area contributed by atoms with Gasteiger partial charge >= 0.3 is 0 Å². The van der Waals surface area contributed by atoms with E-state index in [2.05, 4.69) is 31.2 Å². The van der Waals surface area contributed by atoms with Gasteiger partial charge in [-0.3, -0.25) is 4.79 Å². The van der Waals surface area contributed by atoms with Crippen molar-refractivity contribution in [2.45, 2.75) is 43.7 Å². The number of nitrogens with zero attached hydrogens (tertiary/aromatic N) is 2. The van der Waals surface area contributed by atoms with Gasteiger partial charge in [-0.05, 0) is 55.5 Å². The van der Waals surface area contributed by atoms with Crippen LogP contribution >= 0.6 is 15.9 Å². The number of aliphatic hydroxyl groups is 2. The summed E-state index contributed by atoms with van der Waals surface area (Å²) in [5.41, 5.74) is 8.11. The average molecular weight is 529 g/mol. The minimum absolute atomic E-state index is 0.152. The third-order valence-electron chi connectivity index (χ3n) is 6.16. The van der Waals surface area contributed by atoms with Gasteiger partial charge in [-0.15, -0.1) is 0 Å². The Hall–Kier alpha value is -2.88. The number of carbonyl (C=O) groups excluding carboxylic acids is 1. The second-order valence-electron chi connectivity index (χ2n) is 8.49. The molecule has 5 N–H and O–H groups in total. The molecule has 1 atom stereocenters. The quantitative estimate of drug-likeness (QED) is 0.382. The van der Waals surface area contributed by atoms with Crippen LogP contribution in [0.4, 0.5) is 10.2 Å². The van der Waals surface area contributed by atoms with E-state index in [-0.39, 0.29) is 30.0 Å². The van der Waals surface area contributed by atoms with Gasteiger partial charge in [0.05, 0.1) is 36.2 Å². The van der Waals surface area contributed by atoms with Gasteiger partial charge in [0.2, 0.25) is 0 Å². The Morgan fingerprint density at radius 1 is 1.21 bits per heavy atom. The first-order valence-corrected chi connectivity index (χ1v) is 11.9. The number of hydrogen-bond donors (Lipinski definition) is 4. The van der Waals surface area contributed by atoms with Crippen molar-refractivity contribution in [2.75, 3.05) is 12.3 Å². The summed E-state index contributed by atoms with van der Waals surface area (Å²) in [5, 5.41) is 22.2. The van der Waals surface area contributed by atoms with Crippen molar-refractivity contribution in [3.8, 4) is 11.3 Å². The lowest BCUT2D eigenvalue weighted by Crippen LogP contribution is -2.31. The Balaban J connectivity index is 1.55. The maximum atomic E-state index is 15.0. The molecule has 1 fully saturated rings. The van der Waals surface area contributed by atoms with Crippen LogP contribution in [-0.2, 0) is 0 Å². The maximum absolute atomic E-state index is 15.0. The van der Waals surface area contributed by atoms with E-state index in [1.54, 1.807) is 30.5 Å². The fraction of sp³-hybridized carbons (Fsp3) is 0.320. The van der Waals surface area contributed by atoms with E-state index < -0.39 is 17.8 Å². The number of hydrogen-bond acceptors (Lipinski definition) is 6. The molecule has 1 heterocycles. The number of halogens is 2. The van der Waals surface area contributed by atoms with Crippen molar-refractivity contribution in [2.24, 2.45) is 0 Å². The summed E-state index contributed by atoms with van der Waals surface area (Å²) in [6.07, 6.45) is 4.38. The fourth-order valence-corrected chi connectivity index (χ4v) is 4.65. The van der Waals surface area contributed by atoms with E-state index in [0.717, 1.165) is 23.0 Å². The van der Waals surface area contributed by atoms with Crippen molar-refractivity contribution in [1.29, 1.82) is 0 Å². The van der Waals surface area contributed by atoms with Gasteiger partial charge in [-0.2, -0.15) is 0 Å². The van der Waals surface area contributed by atoms with Crippen LogP contribution in [0.1, 0.15) is 59.3 Å². The number of amides is 1. The first kappa shape index (κ1) is 24.3. The lowest BCUT2D eigenvalue weighted by Gasteiger charge is -2.25. The Kier molecular flexibility index (Phi) is 7.55. The number of rotatable bonds is 6. The van der Waals surface area contributed by atoms with Crippen LogP contribution in [0.2, 0.25) is 0 Å². The molecule has 7 nitrogen and oxygen atoms in total. The van der Waals surface area contributed by atoms with E-state index in [4.69, 9.17) is 5.73 Å². The van der Waals surface area contributed by atoms with Crippen LogP contribution in [0.25, 0.3) is 11.3 Å². The number of nitrogens with two attached hydrogens (primary N) is 1. The Morgan fingerprint density at radius 2 is 1.97 bits per heavy atom. The first-order valence-electron chi connectivity index (χ1n) is 11.1. The summed E-state index contributed by atoms with van der Waals surface area (Å²) in [4.78, 5) is 21.6. The van der Waals surface area contributed by atoms with Crippen molar-refractivity contribution in [3.63, 3.8) is 0 Å². The molecule has 0 saturated heterocycles. The number of nitrogen functional groups attached to an aromatic ring is 1. The van der Waals surface area contributed by atoms with Crippen molar-refractivity contribution < 1.29 is 19.4 Å². The molecule has 1 amide bonds. The second-order valence-corrected chi connectivity index (χ2v) is 9.41. The summed E-state index contributed by atoms with van der Waals surface area (Å²) < 4.78 is 15.8. The molecule has 3 aromatic rings. The van der Waals surface area contributed by atoms with Gasteiger partial charge in [-0.1, -0.05) is 34.1 Å². The van der Waals surface area contributed by atoms with Gasteiger partial charge in [0.15, 0.2) is 0 Å². The van der Waals surface area contributed by atoms with Crippen LogP contribution in [0.15, 0.2) is 53.1 Å². The average Bonchev–Trinajstić information content (AvgIpc) is 2.83. The zero-order valence-electron chi connectivity index (χ0n) is 18.4. The molecule has 1 saturated carbocycles. The van der Waals surface area contributed by atoms with E-state index in [0.29, 0.717) is 29.7 Å². The van der Waals surface area contributed by atoms with Crippen LogP contribution in [0.5, 0.6) is 0 Å². The van der Waals surface area contributed by atoms with Crippen LogP contribution in [0, 0.1) is 5.82 Å². The summed E-state index contributed by atoms with van der Waals surface area (Å²) in [7, 11) is 0. The maximum Gasteiger partial charge on any atom is 0.254 e. The standard InChI is InChI=1S/C25H26BrFN4O3/c26-17-3-1-2-15(10-17)22(13-32)31-25(34)19-9-6-16(11-20(19)27)23-24(28)29-12-21(30-23)14-4-7-18(33)8-5-14/h1-3,6,9-12,14,18,22,32-33H,4-5,7-8,13H2,(H2,28,29)(H,31,34)/t14?,18?,22-/m1/s1. The lowest BCUT2D eigenvalue weighted by atomic mass is 9.85. The normalized spacial score (nSPS) is 18.9. The highest BCUT2D eigenvalue weighted by Crippen LogP contribution is 2.34. The number of aliphatic hydroxyl groups excluding tert-OH is 2. The highest BCUT2D eigenvalue weighted by Gasteiger charge is 2.24. The monoisotopic (exact) mass is 528 g/mol. The molecular formula is C25H26BrFN4O3. The van der Waals surface area contributed by atoms with Gasteiger partial charge in [-0.25, -0.2) is 14.4 Å². The highest BCUT2D eigenvalue weighted by atomic mass is 79.9. The van der Waals surface area contributed by atoms with E-state index in [1.165, 1.54) is 12.1 Å². The van der Waals surface area contributed by atoms with E-state index >= 15 is 0 Å². The number of carbonyl (C=O) groups is 1. The zero-order valence-corrected chi connectivity index (χ0v) is 20.0. The second kappa shape index (κ2) is 10.6. The number of aromatic nitrogens is 2. The molecule has 4 rings (SSSR count). The molecule has 178 valence electrons. The van der Waals surface area contributed by atoms with Gasteiger partial charge < -0.3 is 21.3 Å². The van der Waals surface area contributed by atoms with Crippen molar-refractivity contribution >= 4 is 27.7 Å². The minimum atomic E-state index is -0.728. The minimum Gasteiger partial charge on any atom is -0.394 e. The van der Waals surface area contributed by atoms with E-state index in [1.807, 2.05) is 6.07 Å². The molecular weight excluding hydrogens is 503 g/mol. The highest BCUT2D eigenvalue weighted by molar-refractivity contribution is 9.10. The van der Waals surface area contributed by atoms with Gasteiger partial charge in [0, 0.05) is 16.0 Å². The molecule has 1 aliphatic rings. The van der Waals surface area contributed by atoms with Crippen LogP contribution < -0.4 is 11.1 Å². The smallest absolute Gasteiger partial charge is 0.254 e. The third-order valence-corrected chi connectivity index (χ3v) is 6.65. The summed E-state index contributed by atoms with van der Waals surface area (Å²) in [6, 6.07) is 10.7. The molecule has 0 unspecified atom stereocenters. The zero-order chi connectivity index (χ0) is 24.2. The van der Waals surface area contributed by atoms with E-state index in [9.17, 15) is 19.4 Å². The number of anilines is 1.